The second-order valence-corrected chi connectivity index (χ2v) is 6.31. The highest BCUT2D eigenvalue weighted by Crippen LogP contribution is 2.15. The summed E-state index contributed by atoms with van der Waals surface area (Å²) in [5.74, 6) is 1.57. The smallest absolute Gasteiger partial charge is 0.243 e. The number of carbonyl (C=O) groups is 1. The summed E-state index contributed by atoms with van der Waals surface area (Å²) in [4.78, 5) is 20.0. The average molecular weight is 311 g/mol. The molecule has 0 aromatic rings. The number of aliphatic imine (C=N–C) groups is 1. The Bertz CT molecular complexity index is 356. The van der Waals surface area contributed by atoms with Gasteiger partial charge >= 0.3 is 0 Å². The Balaban J connectivity index is 2.25. The summed E-state index contributed by atoms with van der Waals surface area (Å²) >= 11 is 0. The minimum absolute atomic E-state index is 0.0134. The third kappa shape index (κ3) is 7.64. The van der Waals surface area contributed by atoms with Gasteiger partial charge in [-0.15, -0.1) is 0 Å². The molecule has 6 nitrogen and oxygen atoms in total. The standard InChI is InChI=1S/C16H33N5O/c1-5-17-16(19-12-15(22)20(3)4)18-9-7-11-21-10-6-8-14(2)13-21/h14H,5-13H2,1-4H3,(H2,17,18,19). The van der Waals surface area contributed by atoms with Crippen molar-refractivity contribution in [2.24, 2.45) is 10.9 Å². The van der Waals surface area contributed by atoms with Crippen LogP contribution in [0.15, 0.2) is 4.99 Å². The fraction of sp³-hybridized carbons (Fsp3) is 0.875. The zero-order chi connectivity index (χ0) is 16.4. The molecule has 1 aliphatic heterocycles. The van der Waals surface area contributed by atoms with Gasteiger partial charge in [-0.25, -0.2) is 4.99 Å². The zero-order valence-electron chi connectivity index (χ0n) is 14.7. The number of guanidine groups is 1. The molecule has 0 aromatic heterocycles. The van der Waals surface area contributed by atoms with E-state index in [0.717, 1.165) is 37.9 Å². The van der Waals surface area contributed by atoms with E-state index in [0.29, 0.717) is 0 Å². The number of amides is 1. The molecule has 1 amide bonds. The van der Waals surface area contributed by atoms with Crippen LogP contribution in [-0.2, 0) is 4.79 Å². The molecule has 2 N–H and O–H groups in total. The molecule has 0 saturated carbocycles. The lowest BCUT2D eigenvalue weighted by Crippen LogP contribution is -2.40. The molecule has 1 unspecified atom stereocenters. The topological polar surface area (TPSA) is 60.0 Å². The first-order valence-electron chi connectivity index (χ1n) is 8.47. The maximum atomic E-state index is 11.6. The van der Waals surface area contributed by atoms with Gasteiger partial charge in [0.25, 0.3) is 0 Å². The van der Waals surface area contributed by atoms with Gasteiger partial charge in [0.1, 0.15) is 6.54 Å². The van der Waals surface area contributed by atoms with Crippen molar-refractivity contribution in [2.45, 2.75) is 33.1 Å². The number of likely N-dealkylation sites (N-methyl/N-ethyl adjacent to an activating group) is 1. The number of rotatable bonds is 7. The third-order valence-electron chi connectivity index (χ3n) is 3.90. The Labute approximate surface area is 135 Å². The lowest BCUT2D eigenvalue weighted by molar-refractivity contribution is -0.127. The largest absolute Gasteiger partial charge is 0.357 e. The van der Waals surface area contributed by atoms with Crippen molar-refractivity contribution < 1.29 is 4.79 Å². The Morgan fingerprint density at radius 3 is 2.77 bits per heavy atom. The van der Waals surface area contributed by atoms with Gasteiger partial charge < -0.3 is 20.4 Å². The van der Waals surface area contributed by atoms with Crippen molar-refractivity contribution in [3.63, 3.8) is 0 Å². The summed E-state index contributed by atoms with van der Waals surface area (Å²) in [6, 6.07) is 0. The molecule has 1 rings (SSSR count). The van der Waals surface area contributed by atoms with E-state index in [1.807, 2.05) is 6.92 Å². The second-order valence-electron chi connectivity index (χ2n) is 6.31. The van der Waals surface area contributed by atoms with Crippen LogP contribution < -0.4 is 10.6 Å². The van der Waals surface area contributed by atoms with Gasteiger partial charge in [-0.1, -0.05) is 6.92 Å². The molecule has 128 valence electrons. The first kappa shape index (κ1) is 18.7. The predicted octanol–water partition coefficient (Wildman–Crippen LogP) is 0.752. The van der Waals surface area contributed by atoms with Crippen LogP contribution in [0.1, 0.15) is 33.1 Å². The van der Waals surface area contributed by atoms with Crippen molar-refractivity contribution in [2.75, 3.05) is 53.4 Å². The maximum Gasteiger partial charge on any atom is 0.243 e. The Morgan fingerprint density at radius 1 is 1.36 bits per heavy atom. The monoisotopic (exact) mass is 311 g/mol. The molecule has 1 atom stereocenters. The second kappa shape index (κ2) is 10.4. The molecule has 0 bridgehead atoms. The van der Waals surface area contributed by atoms with Crippen LogP contribution in [0.5, 0.6) is 0 Å². The molecule has 1 fully saturated rings. The summed E-state index contributed by atoms with van der Waals surface area (Å²) in [7, 11) is 3.50. The molecule has 1 heterocycles. The molecule has 1 saturated heterocycles. The summed E-state index contributed by atoms with van der Waals surface area (Å²) in [5.41, 5.74) is 0. The number of hydrogen-bond donors (Lipinski definition) is 2. The van der Waals surface area contributed by atoms with Crippen molar-refractivity contribution in [3.8, 4) is 0 Å². The third-order valence-corrected chi connectivity index (χ3v) is 3.90. The van der Waals surface area contributed by atoms with Gasteiger partial charge in [-0.3, -0.25) is 4.79 Å². The average Bonchev–Trinajstić information content (AvgIpc) is 2.48. The molecule has 0 spiro atoms. The lowest BCUT2D eigenvalue weighted by atomic mass is 10.0. The number of piperidine rings is 1. The van der Waals surface area contributed by atoms with E-state index < -0.39 is 0 Å². The number of hydrogen-bond acceptors (Lipinski definition) is 3. The summed E-state index contributed by atoms with van der Waals surface area (Å²) in [6.45, 7) is 9.82. The number of nitrogens with one attached hydrogen (secondary N) is 2. The fourth-order valence-electron chi connectivity index (χ4n) is 2.63. The molecule has 22 heavy (non-hydrogen) atoms. The predicted molar refractivity (Wildman–Crippen MR) is 92.1 cm³/mol. The normalized spacial score (nSPS) is 19.8. The number of likely N-dealkylation sites (tertiary alicyclic amines) is 1. The molecule has 6 heteroatoms. The molecule has 1 aliphatic rings. The van der Waals surface area contributed by atoms with E-state index in [1.54, 1.807) is 19.0 Å². The minimum atomic E-state index is 0.0134. The van der Waals surface area contributed by atoms with Crippen molar-refractivity contribution in [3.05, 3.63) is 0 Å². The van der Waals surface area contributed by atoms with Crippen LogP contribution in [-0.4, -0.2) is 75.0 Å². The fourth-order valence-corrected chi connectivity index (χ4v) is 2.63. The van der Waals surface area contributed by atoms with Crippen LogP contribution in [0.4, 0.5) is 0 Å². The Kier molecular flexibility index (Phi) is 8.89. The Morgan fingerprint density at radius 2 is 2.14 bits per heavy atom. The number of nitrogens with zero attached hydrogens (tertiary/aromatic N) is 3. The van der Waals surface area contributed by atoms with E-state index in [-0.39, 0.29) is 12.5 Å². The van der Waals surface area contributed by atoms with E-state index in [4.69, 9.17) is 0 Å². The highest BCUT2D eigenvalue weighted by atomic mass is 16.2. The van der Waals surface area contributed by atoms with E-state index in [1.165, 1.54) is 25.9 Å². The van der Waals surface area contributed by atoms with E-state index in [9.17, 15) is 4.79 Å². The van der Waals surface area contributed by atoms with Gasteiger partial charge in [0.2, 0.25) is 5.91 Å². The highest BCUT2D eigenvalue weighted by Gasteiger charge is 2.15. The van der Waals surface area contributed by atoms with E-state index in [2.05, 4.69) is 27.4 Å². The van der Waals surface area contributed by atoms with E-state index >= 15 is 0 Å². The van der Waals surface area contributed by atoms with Crippen LogP contribution in [0, 0.1) is 5.92 Å². The molecule has 0 aromatic carbocycles. The van der Waals surface area contributed by atoms with Gasteiger partial charge in [-0.05, 0) is 45.2 Å². The van der Waals surface area contributed by atoms with Crippen LogP contribution >= 0.6 is 0 Å². The highest BCUT2D eigenvalue weighted by molar-refractivity contribution is 5.84. The molecular weight excluding hydrogens is 278 g/mol. The summed E-state index contributed by atoms with van der Waals surface area (Å²) in [5, 5.41) is 6.48. The quantitative estimate of drug-likeness (QED) is 0.414. The van der Waals surface area contributed by atoms with Crippen LogP contribution in [0.3, 0.4) is 0 Å². The molecule has 0 radical (unpaired) electrons. The molecular formula is C16H33N5O. The zero-order valence-corrected chi connectivity index (χ0v) is 14.7. The van der Waals surface area contributed by atoms with Gasteiger partial charge in [0.05, 0.1) is 0 Å². The van der Waals surface area contributed by atoms with Crippen molar-refractivity contribution >= 4 is 11.9 Å². The number of carbonyl (C=O) groups excluding carboxylic acids is 1. The van der Waals surface area contributed by atoms with Crippen LogP contribution in [0.2, 0.25) is 0 Å². The first-order valence-corrected chi connectivity index (χ1v) is 8.47. The SMILES string of the molecule is CCNC(=NCC(=O)N(C)C)NCCCN1CCCC(C)C1. The summed E-state index contributed by atoms with van der Waals surface area (Å²) < 4.78 is 0. The summed E-state index contributed by atoms with van der Waals surface area (Å²) in [6.07, 6.45) is 3.79. The van der Waals surface area contributed by atoms with Gasteiger partial charge in [0.15, 0.2) is 5.96 Å². The van der Waals surface area contributed by atoms with Gasteiger partial charge in [-0.2, -0.15) is 0 Å². The van der Waals surface area contributed by atoms with Crippen LogP contribution in [0.25, 0.3) is 0 Å². The molecule has 0 aliphatic carbocycles. The van der Waals surface area contributed by atoms with Crippen molar-refractivity contribution in [1.82, 2.24) is 20.4 Å². The Hall–Kier alpha value is -1.30. The van der Waals surface area contributed by atoms with Crippen molar-refractivity contribution in [1.29, 1.82) is 0 Å². The first-order chi connectivity index (χ1) is 10.5. The lowest BCUT2D eigenvalue weighted by Gasteiger charge is -2.30. The maximum absolute atomic E-state index is 11.6. The van der Waals surface area contributed by atoms with Gasteiger partial charge in [0, 0.05) is 33.7 Å². The minimum Gasteiger partial charge on any atom is -0.357 e.